The summed E-state index contributed by atoms with van der Waals surface area (Å²) < 4.78 is 1.52. The minimum absolute atomic E-state index is 0.372. The molecule has 0 saturated carbocycles. The van der Waals surface area contributed by atoms with Crippen molar-refractivity contribution in [2.75, 3.05) is 0 Å². The van der Waals surface area contributed by atoms with Crippen molar-refractivity contribution in [2.24, 2.45) is 0 Å². The summed E-state index contributed by atoms with van der Waals surface area (Å²) >= 11 is 11.4. The summed E-state index contributed by atoms with van der Waals surface area (Å²) in [5.74, 6) is 0.590. The molecule has 0 saturated heterocycles. The molecule has 13 heavy (non-hydrogen) atoms. The van der Waals surface area contributed by atoms with Gasteiger partial charge in [0.1, 0.15) is 11.5 Å². The Labute approximate surface area is 84.1 Å². The highest BCUT2D eigenvalue weighted by atomic mass is 35.5. The van der Waals surface area contributed by atoms with Crippen molar-refractivity contribution in [3.8, 4) is 5.82 Å². The van der Waals surface area contributed by atoms with E-state index in [-0.39, 0.29) is 0 Å². The zero-order chi connectivity index (χ0) is 9.26. The lowest BCUT2D eigenvalue weighted by atomic mass is 10.6. The van der Waals surface area contributed by atoms with Crippen LogP contribution in [0.5, 0.6) is 0 Å². The summed E-state index contributed by atoms with van der Waals surface area (Å²) in [6.07, 6.45) is 4.53. The zero-order valence-electron chi connectivity index (χ0n) is 6.35. The van der Waals surface area contributed by atoms with Crippen LogP contribution in [0.25, 0.3) is 5.82 Å². The molecule has 2 aromatic rings. The summed E-state index contributed by atoms with van der Waals surface area (Å²) in [4.78, 5) is 7.72. The highest BCUT2D eigenvalue weighted by Gasteiger charge is 2.00. The van der Waals surface area contributed by atoms with Gasteiger partial charge in [0.15, 0.2) is 5.82 Å². The van der Waals surface area contributed by atoms with Gasteiger partial charge in [-0.15, -0.1) is 0 Å². The Kier molecular flexibility index (Phi) is 2.16. The second kappa shape index (κ2) is 3.32. The molecular formula is C7H4Cl2N4. The Morgan fingerprint density at radius 1 is 1.23 bits per heavy atom. The predicted molar refractivity (Wildman–Crippen MR) is 49.2 cm³/mol. The molecule has 2 heterocycles. The third-order valence-electron chi connectivity index (χ3n) is 1.41. The molecule has 0 fully saturated rings. The van der Waals surface area contributed by atoms with Gasteiger partial charge in [-0.05, 0) is 0 Å². The van der Waals surface area contributed by atoms with Crippen LogP contribution in [0.2, 0.25) is 10.2 Å². The van der Waals surface area contributed by atoms with Crippen molar-refractivity contribution < 1.29 is 0 Å². The third-order valence-corrected chi connectivity index (χ3v) is 1.81. The second-order valence-electron chi connectivity index (χ2n) is 2.30. The van der Waals surface area contributed by atoms with Crippen LogP contribution in [0, 0.1) is 0 Å². The first kappa shape index (κ1) is 8.47. The highest BCUT2D eigenvalue weighted by Crippen LogP contribution is 2.11. The molecule has 0 atom stereocenters. The van der Waals surface area contributed by atoms with Crippen molar-refractivity contribution in [1.82, 2.24) is 19.7 Å². The topological polar surface area (TPSA) is 43.6 Å². The van der Waals surface area contributed by atoms with Crippen molar-refractivity contribution in [2.45, 2.75) is 0 Å². The molecule has 0 bridgehead atoms. The van der Waals surface area contributed by atoms with Crippen LogP contribution in [0.3, 0.4) is 0 Å². The fourth-order valence-electron chi connectivity index (χ4n) is 0.876. The number of hydrogen-bond acceptors (Lipinski definition) is 3. The largest absolute Gasteiger partial charge is 0.224 e. The SMILES string of the molecule is Clc1cnn(-c2cc(Cl)ncn2)c1. The molecule has 0 radical (unpaired) electrons. The number of hydrogen-bond donors (Lipinski definition) is 0. The van der Waals surface area contributed by atoms with E-state index in [2.05, 4.69) is 15.1 Å². The van der Waals surface area contributed by atoms with Gasteiger partial charge in [0, 0.05) is 6.07 Å². The van der Waals surface area contributed by atoms with Crippen LogP contribution in [0.4, 0.5) is 0 Å². The van der Waals surface area contributed by atoms with E-state index in [0.29, 0.717) is 16.0 Å². The van der Waals surface area contributed by atoms with E-state index in [0.717, 1.165) is 0 Å². The molecular weight excluding hydrogens is 211 g/mol. The van der Waals surface area contributed by atoms with Crippen LogP contribution in [-0.2, 0) is 0 Å². The van der Waals surface area contributed by atoms with Crippen molar-refractivity contribution in [3.63, 3.8) is 0 Å². The van der Waals surface area contributed by atoms with E-state index >= 15 is 0 Å². The van der Waals surface area contributed by atoms with Gasteiger partial charge in [0.05, 0.1) is 17.4 Å². The maximum atomic E-state index is 5.69. The number of aromatic nitrogens is 4. The minimum Gasteiger partial charge on any atom is -0.224 e. The van der Waals surface area contributed by atoms with Crippen LogP contribution in [0.1, 0.15) is 0 Å². The Morgan fingerprint density at radius 2 is 2.08 bits per heavy atom. The molecule has 6 heteroatoms. The van der Waals surface area contributed by atoms with Gasteiger partial charge in [-0.1, -0.05) is 23.2 Å². The van der Waals surface area contributed by atoms with Gasteiger partial charge in [-0.2, -0.15) is 5.10 Å². The molecule has 66 valence electrons. The Hall–Kier alpha value is -1.13. The van der Waals surface area contributed by atoms with Crippen molar-refractivity contribution >= 4 is 23.2 Å². The first-order chi connectivity index (χ1) is 6.25. The van der Waals surface area contributed by atoms with E-state index in [4.69, 9.17) is 23.2 Å². The smallest absolute Gasteiger partial charge is 0.158 e. The number of rotatable bonds is 1. The van der Waals surface area contributed by atoms with E-state index in [9.17, 15) is 0 Å². The first-order valence-electron chi connectivity index (χ1n) is 3.44. The van der Waals surface area contributed by atoms with Crippen LogP contribution in [0.15, 0.2) is 24.8 Å². The van der Waals surface area contributed by atoms with Crippen molar-refractivity contribution in [1.29, 1.82) is 0 Å². The van der Waals surface area contributed by atoms with Gasteiger partial charge in [0.2, 0.25) is 0 Å². The summed E-state index contributed by atoms with van der Waals surface area (Å²) in [5, 5.41) is 4.89. The highest BCUT2D eigenvalue weighted by molar-refractivity contribution is 6.30. The Balaban J connectivity index is 2.46. The average molecular weight is 215 g/mol. The molecule has 0 unspecified atom stereocenters. The first-order valence-corrected chi connectivity index (χ1v) is 4.19. The number of nitrogens with zero attached hydrogens (tertiary/aromatic N) is 4. The predicted octanol–water partition coefficient (Wildman–Crippen LogP) is 1.97. The molecule has 0 aliphatic heterocycles. The normalized spacial score (nSPS) is 10.3. The van der Waals surface area contributed by atoms with Crippen LogP contribution < -0.4 is 0 Å². The summed E-state index contributed by atoms with van der Waals surface area (Å²) in [5.41, 5.74) is 0. The molecule has 0 aliphatic rings. The van der Waals surface area contributed by atoms with Gasteiger partial charge in [-0.25, -0.2) is 14.6 Å². The average Bonchev–Trinajstić information content (AvgIpc) is 2.52. The molecule has 2 rings (SSSR count). The molecule has 0 amide bonds. The Morgan fingerprint density at radius 3 is 2.69 bits per heavy atom. The lowest BCUT2D eigenvalue weighted by Gasteiger charge is -1.97. The summed E-state index contributed by atoms with van der Waals surface area (Å²) in [6.45, 7) is 0. The maximum Gasteiger partial charge on any atom is 0.158 e. The fraction of sp³-hybridized carbons (Fsp3) is 0. The fourth-order valence-corrected chi connectivity index (χ4v) is 1.15. The lowest BCUT2D eigenvalue weighted by molar-refractivity contribution is 0.839. The monoisotopic (exact) mass is 214 g/mol. The van der Waals surface area contributed by atoms with Crippen molar-refractivity contribution in [3.05, 3.63) is 35.0 Å². The van der Waals surface area contributed by atoms with E-state index in [1.165, 1.54) is 17.2 Å². The van der Waals surface area contributed by atoms with Gasteiger partial charge >= 0.3 is 0 Å². The minimum atomic E-state index is 0.372. The van der Waals surface area contributed by atoms with E-state index in [1.807, 2.05) is 0 Å². The summed E-state index contributed by atoms with van der Waals surface area (Å²) in [7, 11) is 0. The Bertz CT molecular complexity index is 426. The standard InChI is InChI=1S/C7H4Cl2N4/c8-5-2-12-13(3-5)7-1-6(9)10-4-11-7/h1-4H. The zero-order valence-corrected chi connectivity index (χ0v) is 7.87. The molecule has 4 nitrogen and oxygen atoms in total. The number of halogens is 2. The molecule has 2 aromatic heterocycles. The van der Waals surface area contributed by atoms with Gasteiger partial charge in [0.25, 0.3) is 0 Å². The second-order valence-corrected chi connectivity index (χ2v) is 3.13. The van der Waals surface area contributed by atoms with Crippen LogP contribution >= 0.6 is 23.2 Å². The molecule has 0 aromatic carbocycles. The molecule has 0 N–H and O–H groups in total. The van der Waals surface area contributed by atoms with E-state index < -0.39 is 0 Å². The molecule has 0 spiro atoms. The summed E-state index contributed by atoms with van der Waals surface area (Å²) in [6, 6.07) is 1.60. The van der Waals surface area contributed by atoms with Gasteiger partial charge in [-0.3, -0.25) is 0 Å². The van der Waals surface area contributed by atoms with Gasteiger partial charge < -0.3 is 0 Å². The van der Waals surface area contributed by atoms with E-state index in [1.54, 1.807) is 12.3 Å². The third kappa shape index (κ3) is 1.79. The molecule has 0 aliphatic carbocycles. The quantitative estimate of drug-likeness (QED) is 0.683. The van der Waals surface area contributed by atoms with Crippen LogP contribution in [-0.4, -0.2) is 19.7 Å². The maximum absolute atomic E-state index is 5.69. The lowest BCUT2D eigenvalue weighted by Crippen LogP contribution is -1.97.